The average molecular weight is 310 g/mol. The van der Waals surface area contributed by atoms with Crippen LogP contribution in [0.25, 0.3) is 0 Å². The summed E-state index contributed by atoms with van der Waals surface area (Å²) in [6.45, 7) is 3.24. The fourth-order valence-electron chi connectivity index (χ4n) is 1.66. The molecule has 0 aliphatic heterocycles. The molecule has 8 heteroatoms. The monoisotopic (exact) mass is 310 g/mol. The quantitative estimate of drug-likeness (QED) is 0.470. The number of amides is 1. The minimum atomic E-state index is -1.01. The fourth-order valence-corrected chi connectivity index (χ4v) is 1.66. The largest absolute Gasteiger partial charge is 0.495 e. The van der Waals surface area contributed by atoms with Crippen LogP contribution in [-0.4, -0.2) is 30.0 Å². The van der Waals surface area contributed by atoms with Crippen molar-refractivity contribution in [2.45, 2.75) is 32.8 Å². The van der Waals surface area contributed by atoms with Crippen LogP contribution in [0.15, 0.2) is 18.2 Å². The van der Waals surface area contributed by atoms with Crippen LogP contribution in [0.5, 0.6) is 5.75 Å². The van der Waals surface area contributed by atoms with Crippen LogP contribution in [0.2, 0.25) is 0 Å². The second kappa shape index (κ2) is 7.96. The lowest BCUT2D eigenvalue weighted by Gasteiger charge is -2.15. The summed E-state index contributed by atoms with van der Waals surface area (Å²) >= 11 is 0. The van der Waals surface area contributed by atoms with E-state index in [9.17, 15) is 19.7 Å². The summed E-state index contributed by atoms with van der Waals surface area (Å²) < 4.78 is 9.99. The van der Waals surface area contributed by atoms with Crippen LogP contribution in [0.4, 0.5) is 11.4 Å². The summed E-state index contributed by atoms with van der Waals surface area (Å²) in [6, 6.07) is 3.82. The Labute approximate surface area is 127 Å². The maximum absolute atomic E-state index is 12.0. The molecular formula is C14H18N2O6. The van der Waals surface area contributed by atoms with Gasteiger partial charge in [-0.05, 0) is 19.4 Å². The number of methoxy groups -OCH3 is 1. The predicted octanol–water partition coefficient (Wildman–Crippen LogP) is 2.27. The Morgan fingerprint density at radius 1 is 1.41 bits per heavy atom. The van der Waals surface area contributed by atoms with Crippen LogP contribution < -0.4 is 10.1 Å². The molecule has 0 bridgehead atoms. The number of hydrogen-bond acceptors (Lipinski definition) is 6. The zero-order valence-corrected chi connectivity index (χ0v) is 12.6. The molecule has 120 valence electrons. The van der Waals surface area contributed by atoms with E-state index in [4.69, 9.17) is 9.47 Å². The second-order valence-corrected chi connectivity index (χ2v) is 4.51. The highest BCUT2D eigenvalue weighted by molar-refractivity contribution is 5.96. The van der Waals surface area contributed by atoms with Crippen molar-refractivity contribution in [1.82, 2.24) is 0 Å². The average Bonchev–Trinajstić information content (AvgIpc) is 2.47. The number of carbonyl (C=O) groups excluding carboxylic acids is 2. The fraction of sp³-hybridized carbons (Fsp3) is 0.429. The van der Waals surface area contributed by atoms with Crippen LogP contribution in [-0.2, 0) is 14.3 Å². The number of non-ortho nitro benzene ring substituents is 1. The van der Waals surface area contributed by atoms with Gasteiger partial charge in [-0.15, -0.1) is 0 Å². The van der Waals surface area contributed by atoms with E-state index in [0.717, 1.165) is 0 Å². The first-order valence-corrected chi connectivity index (χ1v) is 6.71. The van der Waals surface area contributed by atoms with Gasteiger partial charge in [0.15, 0.2) is 6.10 Å². The number of hydrogen-bond donors (Lipinski definition) is 1. The van der Waals surface area contributed by atoms with Gasteiger partial charge in [-0.25, -0.2) is 0 Å². The molecule has 22 heavy (non-hydrogen) atoms. The highest BCUT2D eigenvalue weighted by Gasteiger charge is 2.20. The number of carbonyl (C=O) groups is 2. The van der Waals surface area contributed by atoms with Crippen molar-refractivity contribution < 1.29 is 24.0 Å². The van der Waals surface area contributed by atoms with Gasteiger partial charge in [0, 0.05) is 18.6 Å². The molecule has 0 aromatic heterocycles. The number of esters is 1. The molecule has 0 aliphatic rings. The molecular weight excluding hydrogens is 292 g/mol. The molecule has 0 aliphatic carbocycles. The first-order valence-electron chi connectivity index (χ1n) is 6.71. The number of nitrogens with zero attached hydrogens (tertiary/aromatic N) is 1. The van der Waals surface area contributed by atoms with Gasteiger partial charge in [0.2, 0.25) is 0 Å². The van der Waals surface area contributed by atoms with E-state index in [2.05, 4.69) is 5.32 Å². The standard InChI is InChI=1S/C14H18N2O6/c1-4-5-13(17)22-9(2)14(18)15-11-8-10(16(19)20)6-7-12(11)21-3/h6-9H,4-5H2,1-3H3,(H,15,18)/t9-/m1/s1. The van der Waals surface area contributed by atoms with Crippen LogP contribution in [0, 0.1) is 10.1 Å². The summed E-state index contributed by atoms with van der Waals surface area (Å²) in [5.41, 5.74) is -0.0492. The van der Waals surface area contributed by atoms with Crippen LogP contribution >= 0.6 is 0 Å². The molecule has 0 saturated carbocycles. The second-order valence-electron chi connectivity index (χ2n) is 4.51. The number of ether oxygens (including phenoxy) is 2. The third-order valence-electron chi connectivity index (χ3n) is 2.78. The van der Waals surface area contributed by atoms with Gasteiger partial charge in [-0.2, -0.15) is 0 Å². The molecule has 0 spiro atoms. The lowest BCUT2D eigenvalue weighted by atomic mass is 10.2. The third-order valence-corrected chi connectivity index (χ3v) is 2.78. The summed E-state index contributed by atoms with van der Waals surface area (Å²) in [5, 5.41) is 13.2. The van der Waals surface area contributed by atoms with Crippen molar-refractivity contribution in [3.8, 4) is 5.75 Å². The van der Waals surface area contributed by atoms with Crippen molar-refractivity contribution in [3.63, 3.8) is 0 Å². The maximum Gasteiger partial charge on any atom is 0.306 e. The lowest BCUT2D eigenvalue weighted by Crippen LogP contribution is -2.30. The Morgan fingerprint density at radius 2 is 2.09 bits per heavy atom. The molecule has 0 fully saturated rings. The van der Waals surface area contributed by atoms with Gasteiger partial charge in [-0.3, -0.25) is 19.7 Å². The molecule has 0 saturated heterocycles. The smallest absolute Gasteiger partial charge is 0.306 e. The van der Waals surface area contributed by atoms with Crippen molar-refractivity contribution in [1.29, 1.82) is 0 Å². The molecule has 0 radical (unpaired) electrons. The van der Waals surface area contributed by atoms with Crippen molar-refractivity contribution >= 4 is 23.3 Å². The van der Waals surface area contributed by atoms with E-state index in [-0.39, 0.29) is 23.5 Å². The van der Waals surface area contributed by atoms with Gasteiger partial charge >= 0.3 is 5.97 Å². The van der Waals surface area contributed by atoms with E-state index < -0.39 is 22.9 Å². The SMILES string of the molecule is CCCC(=O)O[C@H](C)C(=O)Nc1cc([N+](=O)[O-])ccc1OC. The van der Waals surface area contributed by atoms with Gasteiger partial charge in [0.1, 0.15) is 5.75 Å². The highest BCUT2D eigenvalue weighted by Crippen LogP contribution is 2.29. The van der Waals surface area contributed by atoms with E-state index in [0.29, 0.717) is 6.42 Å². The van der Waals surface area contributed by atoms with Crippen molar-refractivity contribution in [2.24, 2.45) is 0 Å². The van der Waals surface area contributed by atoms with Crippen molar-refractivity contribution in [2.75, 3.05) is 12.4 Å². The number of nitro benzene ring substituents is 1. The zero-order chi connectivity index (χ0) is 16.7. The molecule has 1 amide bonds. The summed E-state index contributed by atoms with van der Waals surface area (Å²) in [4.78, 5) is 33.5. The molecule has 0 heterocycles. The van der Waals surface area contributed by atoms with Crippen LogP contribution in [0.1, 0.15) is 26.7 Å². The lowest BCUT2D eigenvalue weighted by molar-refractivity contribution is -0.384. The Bertz CT molecular complexity index is 572. The highest BCUT2D eigenvalue weighted by atomic mass is 16.6. The van der Waals surface area contributed by atoms with Gasteiger partial charge < -0.3 is 14.8 Å². The van der Waals surface area contributed by atoms with E-state index in [1.165, 1.54) is 32.2 Å². The summed E-state index contributed by atoms with van der Waals surface area (Å²) in [5.74, 6) is -0.801. The van der Waals surface area contributed by atoms with Gasteiger partial charge in [0.25, 0.3) is 11.6 Å². The molecule has 1 aromatic rings. The third kappa shape index (κ3) is 4.72. The first kappa shape index (κ1) is 17.4. The Balaban J connectivity index is 2.84. The van der Waals surface area contributed by atoms with E-state index >= 15 is 0 Å². The predicted molar refractivity (Wildman–Crippen MR) is 78.7 cm³/mol. The minimum absolute atomic E-state index is 0.139. The number of anilines is 1. The number of nitro groups is 1. The van der Waals surface area contributed by atoms with Crippen LogP contribution in [0.3, 0.4) is 0 Å². The maximum atomic E-state index is 12.0. The molecule has 1 N–H and O–H groups in total. The first-order chi connectivity index (χ1) is 10.4. The Hall–Kier alpha value is -2.64. The number of benzene rings is 1. The molecule has 0 unspecified atom stereocenters. The normalized spacial score (nSPS) is 11.4. The van der Waals surface area contributed by atoms with Gasteiger partial charge in [-0.1, -0.05) is 6.92 Å². The van der Waals surface area contributed by atoms with Crippen molar-refractivity contribution in [3.05, 3.63) is 28.3 Å². The van der Waals surface area contributed by atoms with E-state index in [1.807, 2.05) is 6.92 Å². The Morgan fingerprint density at radius 3 is 2.64 bits per heavy atom. The number of nitrogens with one attached hydrogen (secondary N) is 1. The molecule has 8 nitrogen and oxygen atoms in total. The van der Waals surface area contributed by atoms with Gasteiger partial charge in [0.05, 0.1) is 17.7 Å². The minimum Gasteiger partial charge on any atom is -0.495 e. The summed E-state index contributed by atoms with van der Waals surface area (Å²) in [6.07, 6.45) is -0.174. The molecule has 1 atom stereocenters. The zero-order valence-electron chi connectivity index (χ0n) is 12.6. The Kier molecular flexibility index (Phi) is 6.30. The molecule has 1 aromatic carbocycles. The van der Waals surface area contributed by atoms with E-state index in [1.54, 1.807) is 0 Å². The number of rotatable bonds is 7. The molecule has 1 rings (SSSR count). The summed E-state index contributed by atoms with van der Waals surface area (Å²) in [7, 11) is 1.38. The topological polar surface area (TPSA) is 108 Å².